The first-order chi connectivity index (χ1) is 15.2. The molecule has 0 spiro atoms. The number of carbonyl (C=O) groups is 1. The zero-order valence-electron chi connectivity index (χ0n) is 17.6. The van der Waals surface area contributed by atoms with Crippen molar-refractivity contribution in [3.05, 3.63) is 77.9 Å². The number of carboxylic acids is 1. The number of nitriles is 1. The van der Waals surface area contributed by atoms with Gasteiger partial charge in [0.15, 0.2) is 0 Å². The molecule has 1 aliphatic heterocycles. The minimum absolute atomic E-state index is 0.0876. The fraction of sp³-hybridized carbons (Fsp3) is 0.167. The molecule has 3 N–H and O–H groups in total. The summed E-state index contributed by atoms with van der Waals surface area (Å²) in [6, 6.07) is 21.1. The Morgan fingerprint density at radius 1 is 1.09 bits per heavy atom. The van der Waals surface area contributed by atoms with Gasteiger partial charge in [0.2, 0.25) is 0 Å². The van der Waals surface area contributed by atoms with Crippen LogP contribution in [0.15, 0.2) is 71.6 Å². The number of para-hydroxylation sites is 1. The van der Waals surface area contributed by atoms with Crippen LogP contribution in [0, 0.1) is 11.3 Å². The molecule has 7 nitrogen and oxygen atoms in total. The van der Waals surface area contributed by atoms with Gasteiger partial charge in [0.05, 0.1) is 27.8 Å². The minimum atomic E-state index is -3.36. The molecule has 1 aliphatic rings. The number of aromatic carboxylic acids is 1. The standard InChI is InChI=1S/C24H23N3O4S/c1-16-15-27(20-9-4-3-5-10-20)22-12-19(14-25)21(13-23(22)32(30,31)26(16)2)17-7-6-8-18(11-17)24(28)29/h3-13,16,30-31H,15H2,1-2H3,(H,28,29). The summed E-state index contributed by atoms with van der Waals surface area (Å²) in [5.74, 6) is -1.08. The van der Waals surface area contributed by atoms with E-state index in [0.717, 1.165) is 5.69 Å². The van der Waals surface area contributed by atoms with E-state index in [1.165, 1.54) is 12.1 Å². The number of hydrogen-bond acceptors (Lipinski definition) is 6. The summed E-state index contributed by atoms with van der Waals surface area (Å²) in [6.07, 6.45) is 0. The van der Waals surface area contributed by atoms with Gasteiger partial charge in [-0.1, -0.05) is 30.3 Å². The number of benzene rings is 3. The van der Waals surface area contributed by atoms with Crippen LogP contribution in [0.1, 0.15) is 22.8 Å². The molecule has 1 heterocycles. The molecule has 1 atom stereocenters. The van der Waals surface area contributed by atoms with Crippen LogP contribution < -0.4 is 4.90 Å². The minimum Gasteiger partial charge on any atom is -0.478 e. The molecule has 0 aliphatic carbocycles. The summed E-state index contributed by atoms with van der Waals surface area (Å²) in [5.41, 5.74) is 2.79. The Morgan fingerprint density at radius 2 is 1.81 bits per heavy atom. The topological polar surface area (TPSA) is 108 Å². The smallest absolute Gasteiger partial charge is 0.335 e. The van der Waals surface area contributed by atoms with Crippen molar-refractivity contribution >= 4 is 28.1 Å². The molecule has 8 heteroatoms. The van der Waals surface area contributed by atoms with Gasteiger partial charge in [-0.05, 0) is 48.9 Å². The maximum Gasteiger partial charge on any atom is 0.335 e. The third-order valence-electron chi connectivity index (χ3n) is 5.76. The molecule has 3 aromatic carbocycles. The lowest BCUT2D eigenvalue weighted by molar-refractivity contribution is 0.0697. The second-order valence-corrected chi connectivity index (χ2v) is 9.78. The molecule has 1 unspecified atom stereocenters. The summed E-state index contributed by atoms with van der Waals surface area (Å²) >= 11 is 0. The predicted molar refractivity (Wildman–Crippen MR) is 125 cm³/mol. The van der Waals surface area contributed by atoms with Gasteiger partial charge in [0, 0.05) is 30.9 Å². The molecule has 164 valence electrons. The number of fused-ring (bicyclic) bond motifs is 1. The molecule has 0 fully saturated rings. The van der Waals surface area contributed by atoms with E-state index in [9.17, 15) is 24.3 Å². The molecule has 0 radical (unpaired) electrons. The van der Waals surface area contributed by atoms with E-state index in [1.54, 1.807) is 35.6 Å². The maximum atomic E-state index is 11.4. The van der Waals surface area contributed by atoms with Crippen LogP contribution >= 0.6 is 10.8 Å². The van der Waals surface area contributed by atoms with Crippen molar-refractivity contribution in [2.45, 2.75) is 17.9 Å². The Bertz CT molecular complexity index is 1220. The average molecular weight is 450 g/mol. The van der Waals surface area contributed by atoms with Crippen LogP contribution in [0.2, 0.25) is 0 Å². The summed E-state index contributed by atoms with van der Waals surface area (Å²) in [6.45, 7) is 2.40. The first-order valence-electron chi connectivity index (χ1n) is 9.99. The lowest BCUT2D eigenvalue weighted by Gasteiger charge is -2.42. The van der Waals surface area contributed by atoms with Gasteiger partial charge in [-0.15, -0.1) is 10.8 Å². The van der Waals surface area contributed by atoms with Gasteiger partial charge < -0.3 is 10.0 Å². The summed E-state index contributed by atoms with van der Waals surface area (Å²) in [4.78, 5) is 13.7. The van der Waals surface area contributed by atoms with Gasteiger partial charge in [-0.2, -0.15) is 5.26 Å². The van der Waals surface area contributed by atoms with Gasteiger partial charge in [-0.3, -0.25) is 9.11 Å². The van der Waals surface area contributed by atoms with Crippen LogP contribution in [0.5, 0.6) is 0 Å². The van der Waals surface area contributed by atoms with Crippen molar-refractivity contribution in [1.82, 2.24) is 4.31 Å². The van der Waals surface area contributed by atoms with Crippen LogP contribution in [0.25, 0.3) is 11.1 Å². The molecule has 0 saturated heterocycles. The Morgan fingerprint density at radius 3 is 2.47 bits per heavy atom. The molecular formula is C24H23N3O4S. The lowest BCUT2D eigenvalue weighted by atomic mass is 9.97. The highest BCUT2D eigenvalue weighted by atomic mass is 32.3. The van der Waals surface area contributed by atoms with Crippen LogP contribution in [-0.4, -0.2) is 44.1 Å². The number of anilines is 2. The predicted octanol–water partition coefficient (Wildman–Crippen LogP) is 5.42. The average Bonchev–Trinajstić information content (AvgIpc) is 2.87. The van der Waals surface area contributed by atoms with E-state index >= 15 is 0 Å². The summed E-state index contributed by atoms with van der Waals surface area (Å²) in [5, 5.41) is 19.3. The zero-order valence-corrected chi connectivity index (χ0v) is 18.5. The second-order valence-electron chi connectivity index (χ2n) is 7.72. The number of hydrogen-bond donors (Lipinski definition) is 3. The van der Waals surface area contributed by atoms with Crippen molar-refractivity contribution in [2.24, 2.45) is 0 Å². The van der Waals surface area contributed by atoms with Gasteiger partial charge in [0.25, 0.3) is 0 Å². The molecule has 3 aromatic rings. The van der Waals surface area contributed by atoms with Crippen LogP contribution in [0.3, 0.4) is 0 Å². The Kier molecular flexibility index (Phi) is 5.67. The van der Waals surface area contributed by atoms with Crippen molar-refractivity contribution < 1.29 is 19.0 Å². The zero-order chi connectivity index (χ0) is 23.0. The SMILES string of the molecule is CC1CN(c2ccccc2)c2cc(C#N)c(-c3cccc(C(=O)O)c3)cc2S(O)(O)N1C. The number of nitrogens with zero attached hydrogens (tertiary/aromatic N) is 3. The van der Waals surface area contributed by atoms with Gasteiger partial charge in [0.1, 0.15) is 0 Å². The quantitative estimate of drug-likeness (QED) is 0.490. The van der Waals surface area contributed by atoms with E-state index in [1.807, 2.05) is 42.2 Å². The number of rotatable bonds is 3. The molecule has 0 bridgehead atoms. The number of carboxylic acid groups (broad SMARTS) is 1. The number of likely N-dealkylation sites (N-methyl/N-ethyl adjacent to an activating group) is 1. The van der Waals surface area contributed by atoms with Crippen LogP contribution in [-0.2, 0) is 0 Å². The normalized spacial score (nSPS) is 18.8. The molecular weight excluding hydrogens is 426 g/mol. The Balaban J connectivity index is 2.00. The molecule has 0 amide bonds. The largest absolute Gasteiger partial charge is 0.478 e. The first kappa shape index (κ1) is 21.9. The highest BCUT2D eigenvalue weighted by Crippen LogP contribution is 2.59. The Labute approximate surface area is 188 Å². The fourth-order valence-corrected chi connectivity index (χ4v) is 5.49. The second kappa shape index (κ2) is 8.30. The maximum absolute atomic E-state index is 11.4. The highest BCUT2D eigenvalue weighted by Gasteiger charge is 2.36. The summed E-state index contributed by atoms with van der Waals surface area (Å²) in [7, 11) is -1.70. The van der Waals surface area contributed by atoms with Crippen LogP contribution in [0.4, 0.5) is 11.4 Å². The van der Waals surface area contributed by atoms with E-state index in [0.29, 0.717) is 33.8 Å². The van der Waals surface area contributed by atoms with Gasteiger partial charge in [-0.25, -0.2) is 9.10 Å². The van der Waals surface area contributed by atoms with E-state index in [2.05, 4.69) is 6.07 Å². The molecule has 0 saturated carbocycles. The molecule has 32 heavy (non-hydrogen) atoms. The fourth-order valence-electron chi connectivity index (χ4n) is 3.89. The highest BCUT2D eigenvalue weighted by molar-refractivity contribution is 8.22. The van der Waals surface area contributed by atoms with Gasteiger partial charge >= 0.3 is 5.97 Å². The van der Waals surface area contributed by atoms with E-state index in [4.69, 9.17) is 0 Å². The van der Waals surface area contributed by atoms with E-state index < -0.39 is 16.7 Å². The van der Waals surface area contributed by atoms with Crippen molar-refractivity contribution in [2.75, 3.05) is 18.5 Å². The lowest BCUT2D eigenvalue weighted by Crippen LogP contribution is -2.36. The van der Waals surface area contributed by atoms with Crippen molar-refractivity contribution in [3.8, 4) is 17.2 Å². The Hall–Kier alpha value is -3.35. The monoisotopic (exact) mass is 449 g/mol. The van der Waals surface area contributed by atoms with E-state index in [-0.39, 0.29) is 11.6 Å². The molecule has 4 rings (SSSR count). The first-order valence-corrected chi connectivity index (χ1v) is 11.5. The third-order valence-corrected chi connectivity index (χ3v) is 7.84. The third kappa shape index (κ3) is 3.72. The van der Waals surface area contributed by atoms with Crippen molar-refractivity contribution in [3.63, 3.8) is 0 Å². The van der Waals surface area contributed by atoms with Crippen molar-refractivity contribution in [1.29, 1.82) is 5.26 Å². The summed E-state index contributed by atoms with van der Waals surface area (Å²) < 4.78 is 24.1. The molecule has 0 aromatic heterocycles.